The SMILES string of the molecule is CCCNc1nc(C)cc(NC(CC)(CC)CC)n1. The zero-order valence-corrected chi connectivity index (χ0v) is 13.0. The minimum Gasteiger partial charge on any atom is -0.364 e. The first-order chi connectivity index (χ1) is 9.09. The van der Waals surface area contributed by atoms with E-state index < -0.39 is 0 Å². The van der Waals surface area contributed by atoms with E-state index in [1.807, 2.05) is 13.0 Å². The predicted octanol–water partition coefficient (Wildman–Crippen LogP) is 3.99. The lowest BCUT2D eigenvalue weighted by Crippen LogP contribution is -2.36. The van der Waals surface area contributed by atoms with Crippen LogP contribution in [-0.2, 0) is 0 Å². The van der Waals surface area contributed by atoms with E-state index in [4.69, 9.17) is 0 Å². The van der Waals surface area contributed by atoms with E-state index >= 15 is 0 Å². The van der Waals surface area contributed by atoms with Crippen molar-refractivity contribution in [1.29, 1.82) is 0 Å². The van der Waals surface area contributed by atoms with Crippen molar-refractivity contribution in [2.24, 2.45) is 0 Å². The van der Waals surface area contributed by atoms with Crippen molar-refractivity contribution in [2.45, 2.75) is 65.8 Å². The Hall–Kier alpha value is -1.32. The van der Waals surface area contributed by atoms with Gasteiger partial charge in [-0.2, -0.15) is 4.98 Å². The van der Waals surface area contributed by atoms with Crippen LogP contribution in [0.15, 0.2) is 6.07 Å². The fourth-order valence-electron chi connectivity index (χ4n) is 2.24. The van der Waals surface area contributed by atoms with Crippen LogP contribution in [0.25, 0.3) is 0 Å². The summed E-state index contributed by atoms with van der Waals surface area (Å²) in [5.74, 6) is 1.65. The van der Waals surface area contributed by atoms with E-state index in [9.17, 15) is 0 Å². The van der Waals surface area contributed by atoms with Crippen molar-refractivity contribution in [2.75, 3.05) is 17.2 Å². The third kappa shape index (κ3) is 4.37. The highest BCUT2D eigenvalue weighted by molar-refractivity contribution is 5.44. The molecule has 0 aliphatic carbocycles. The van der Waals surface area contributed by atoms with Gasteiger partial charge in [0.05, 0.1) is 0 Å². The minimum atomic E-state index is 0.142. The number of hydrogen-bond donors (Lipinski definition) is 2. The molecule has 1 aromatic heterocycles. The molecule has 0 radical (unpaired) electrons. The second-order valence-electron chi connectivity index (χ2n) is 5.11. The Morgan fingerprint density at radius 1 is 1.05 bits per heavy atom. The Morgan fingerprint density at radius 2 is 1.68 bits per heavy atom. The molecular formula is C15H28N4. The molecular weight excluding hydrogens is 236 g/mol. The molecule has 0 unspecified atom stereocenters. The van der Waals surface area contributed by atoms with Gasteiger partial charge in [0.15, 0.2) is 0 Å². The highest BCUT2D eigenvalue weighted by atomic mass is 15.2. The summed E-state index contributed by atoms with van der Waals surface area (Å²) in [5.41, 5.74) is 1.14. The summed E-state index contributed by atoms with van der Waals surface area (Å²) >= 11 is 0. The number of hydrogen-bond acceptors (Lipinski definition) is 4. The monoisotopic (exact) mass is 264 g/mol. The summed E-state index contributed by atoms with van der Waals surface area (Å²) in [6, 6.07) is 2.02. The topological polar surface area (TPSA) is 49.8 Å². The van der Waals surface area contributed by atoms with Gasteiger partial charge in [-0.1, -0.05) is 27.7 Å². The number of nitrogens with one attached hydrogen (secondary N) is 2. The van der Waals surface area contributed by atoms with E-state index in [0.717, 1.165) is 49.7 Å². The van der Waals surface area contributed by atoms with Crippen molar-refractivity contribution >= 4 is 11.8 Å². The van der Waals surface area contributed by atoms with Gasteiger partial charge >= 0.3 is 0 Å². The van der Waals surface area contributed by atoms with Crippen molar-refractivity contribution in [3.05, 3.63) is 11.8 Å². The standard InChI is InChI=1S/C15H28N4/c1-6-10-16-14-17-12(5)11-13(18-14)19-15(7-2,8-3)9-4/h11H,6-10H2,1-5H3,(H2,16,17,18,19). The fourth-order valence-corrected chi connectivity index (χ4v) is 2.24. The molecule has 0 atom stereocenters. The molecule has 2 N–H and O–H groups in total. The lowest BCUT2D eigenvalue weighted by atomic mass is 9.90. The first kappa shape index (κ1) is 15.7. The molecule has 0 fully saturated rings. The molecule has 1 aromatic rings. The number of aromatic nitrogens is 2. The number of nitrogens with zero attached hydrogens (tertiary/aromatic N) is 2. The maximum absolute atomic E-state index is 4.57. The quantitative estimate of drug-likeness (QED) is 0.745. The molecule has 0 saturated carbocycles. The average Bonchev–Trinajstić information content (AvgIpc) is 2.42. The van der Waals surface area contributed by atoms with Crippen LogP contribution in [0.3, 0.4) is 0 Å². The molecule has 0 bridgehead atoms. The van der Waals surface area contributed by atoms with Gasteiger partial charge in [-0.05, 0) is 32.6 Å². The van der Waals surface area contributed by atoms with Crippen molar-refractivity contribution < 1.29 is 0 Å². The Labute approximate surface area is 117 Å². The maximum Gasteiger partial charge on any atom is 0.224 e. The highest BCUT2D eigenvalue weighted by Gasteiger charge is 2.24. The number of anilines is 2. The summed E-state index contributed by atoms with van der Waals surface area (Å²) in [7, 11) is 0. The second-order valence-corrected chi connectivity index (χ2v) is 5.11. The van der Waals surface area contributed by atoms with E-state index in [1.165, 1.54) is 0 Å². The Bertz CT molecular complexity index is 377. The molecule has 0 aromatic carbocycles. The van der Waals surface area contributed by atoms with E-state index in [-0.39, 0.29) is 5.54 Å². The summed E-state index contributed by atoms with van der Waals surface area (Å²) in [4.78, 5) is 8.98. The molecule has 4 heteroatoms. The molecule has 1 rings (SSSR count). The van der Waals surface area contributed by atoms with Gasteiger partial charge in [0.2, 0.25) is 5.95 Å². The zero-order valence-electron chi connectivity index (χ0n) is 13.0. The summed E-state index contributed by atoms with van der Waals surface area (Å²) in [6.07, 6.45) is 4.37. The largest absolute Gasteiger partial charge is 0.364 e. The van der Waals surface area contributed by atoms with Gasteiger partial charge in [-0.3, -0.25) is 0 Å². The van der Waals surface area contributed by atoms with Gasteiger partial charge in [0, 0.05) is 23.8 Å². The molecule has 0 amide bonds. The van der Waals surface area contributed by atoms with Crippen molar-refractivity contribution in [3.63, 3.8) is 0 Å². The smallest absolute Gasteiger partial charge is 0.224 e. The lowest BCUT2D eigenvalue weighted by Gasteiger charge is -2.32. The number of aryl methyl sites for hydroxylation is 1. The van der Waals surface area contributed by atoms with Crippen LogP contribution in [0.4, 0.5) is 11.8 Å². The average molecular weight is 264 g/mol. The molecule has 108 valence electrons. The van der Waals surface area contributed by atoms with Gasteiger partial charge in [-0.15, -0.1) is 0 Å². The van der Waals surface area contributed by atoms with Crippen molar-refractivity contribution in [1.82, 2.24) is 9.97 Å². The molecule has 1 heterocycles. The lowest BCUT2D eigenvalue weighted by molar-refractivity contribution is 0.419. The van der Waals surface area contributed by atoms with Gasteiger partial charge in [0.25, 0.3) is 0 Å². The summed E-state index contributed by atoms with van der Waals surface area (Å²) in [5, 5.41) is 6.86. The maximum atomic E-state index is 4.57. The van der Waals surface area contributed by atoms with E-state index in [1.54, 1.807) is 0 Å². The van der Waals surface area contributed by atoms with Crippen LogP contribution in [0, 0.1) is 6.92 Å². The predicted molar refractivity (Wildman–Crippen MR) is 82.8 cm³/mol. The molecule has 0 aliphatic heterocycles. The van der Waals surface area contributed by atoms with Crippen LogP contribution in [0.5, 0.6) is 0 Å². The molecule has 0 saturated heterocycles. The Kier molecular flexibility index (Phi) is 6.06. The van der Waals surface area contributed by atoms with Gasteiger partial charge in [0.1, 0.15) is 5.82 Å². The Morgan fingerprint density at radius 3 is 2.21 bits per heavy atom. The first-order valence-electron chi connectivity index (χ1n) is 7.46. The van der Waals surface area contributed by atoms with Crippen molar-refractivity contribution in [3.8, 4) is 0 Å². The molecule has 0 spiro atoms. The molecule has 0 aliphatic rings. The van der Waals surface area contributed by atoms with Crippen LogP contribution < -0.4 is 10.6 Å². The van der Waals surface area contributed by atoms with E-state index in [2.05, 4.69) is 48.3 Å². The zero-order chi connectivity index (χ0) is 14.3. The van der Waals surface area contributed by atoms with Crippen LogP contribution >= 0.6 is 0 Å². The van der Waals surface area contributed by atoms with Crippen LogP contribution in [0.2, 0.25) is 0 Å². The third-order valence-corrected chi connectivity index (χ3v) is 3.81. The second kappa shape index (κ2) is 7.31. The normalized spacial score (nSPS) is 11.4. The van der Waals surface area contributed by atoms with E-state index in [0.29, 0.717) is 0 Å². The fraction of sp³-hybridized carbons (Fsp3) is 0.733. The summed E-state index contributed by atoms with van der Waals surface area (Å²) < 4.78 is 0. The third-order valence-electron chi connectivity index (χ3n) is 3.81. The highest BCUT2D eigenvalue weighted by Crippen LogP contribution is 2.25. The first-order valence-corrected chi connectivity index (χ1v) is 7.46. The Balaban J connectivity index is 2.90. The van der Waals surface area contributed by atoms with Gasteiger partial charge in [-0.25, -0.2) is 4.98 Å². The number of rotatable bonds is 8. The minimum absolute atomic E-state index is 0.142. The molecule has 19 heavy (non-hydrogen) atoms. The van der Waals surface area contributed by atoms with Gasteiger partial charge < -0.3 is 10.6 Å². The van der Waals surface area contributed by atoms with Crippen LogP contribution in [-0.4, -0.2) is 22.1 Å². The molecule has 4 nitrogen and oxygen atoms in total. The van der Waals surface area contributed by atoms with Crippen LogP contribution in [0.1, 0.15) is 59.1 Å². The summed E-state index contributed by atoms with van der Waals surface area (Å²) in [6.45, 7) is 11.7.